The quantitative estimate of drug-likeness (QED) is 0.182. The molecule has 0 spiro atoms. The van der Waals surface area contributed by atoms with Gasteiger partial charge in [0.25, 0.3) is 0 Å². The predicted molar refractivity (Wildman–Crippen MR) is 140 cm³/mol. The minimum atomic E-state index is -5.23. The Morgan fingerprint density at radius 2 is 1.33 bits per heavy atom. The van der Waals surface area contributed by atoms with Crippen molar-refractivity contribution in [3.05, 3.63) is 93.6 Å². The maximum absolute atomic E-state index is 15.3. The first kappa shape index (κ1) is 29.5. The third-order valence-electron chi connectivity index (χ3n) is 7.58. The van der Waals surface area contributed by atoms with Gasteiger partial charge < -0.3 is 9.84 Å². The van der Waals surface area contributed by atoms with Gasteiger partial charge in [-0.2, -0.15) is 17.6 Å². The third kappa shape index (κ3) is 4.79. The van der Waals surface area contributed by atoms with Gasteiger partial charge >= 0.3 is 11.8 Å². The molecule has 1 unspecified atom stereocenters. The third-order valence-corrected chi connectivity index (χ3v) is 7.58. The SMILES string of the molecule is CCCCCC1CC=C(c2ccc(C#Cc3ccc4c(c3F)C(F)(F)C(F)(F)c3c-4ccc(O)c3F)c(F)c2F)OC1. The lowest BCUT2D eigenvalue weighted by atomic mass is 9.79. The molecule has 1 atom stereocenters. The molecule has 0 aromatic heterocycles. The average molecular weight is 593 g/mol. The highest BCUT2D eigenvalue weighted by Gasteiger charge is 2.65. The van der Waals surface area contributed by atoms with Crippen LogP contribution in [0, 0.1) is 41.0 Å². The summed E-state index contributed by atoms with van der Waals surface area (Å²) in [5, 5.41) is 9.47. The van der Waals surface area contributed by atoms with Crippen molar-refractivity contribution in [3.8, 4) is 28.7 Å². The number of phenols is 1. The summed E-state index contributed by atoms with van der Waals surface area (Å²) in [6.45, 7) is 2.46. The monoisotopic (exact) mass is 592 g/mol. The number of rotatable bonds is 5. The van der Waals surface area contributed by atoms with Crippen LogP contribution in [0.4, 0.5) is 35.1 Å². The maximum atomic E-state index is 15.3. The van der Waals surface area contributed by atoms with Gasteiger partial charge in [0.2, 0.25) is 0 Å². The fourth-order valence-corrected chi connectivity index (χ4v) is 5.27. The number of ether oxygens (including phenoxy) is 1. The van der Waals surface area contributed by atoms with E-state index in [4.69, 9.17) is 4.74 Å². The van der Waals surface area contributed by atoms with Crippen LogP contribution in [0.3, 0.4) is 0 Å². The van der Waals surface area contributed by atoms with Crippen LogP contribution in [-0.2, 0) is 16.6 Å². The van der Waals surface area contributed by atoms with Gasteiger partial charge in [-0.25, -0.2) is 17.6 Å². The summed E-state index contributed by atoms with van der Waals surface area (Å²) in [6.07, 6.45) is 6.51. The van der Waals surface area contributed by atoms with E-state index in [0.717, 1.165) is 49.9 Å². The lowest BCUT2D eigenvalue weighted by molar-refractivity contribution is -0.227. The molecular formula is C32H24F8O2. The number of aromatic hydroxyl groups is 1. The summed E-state index contributed by atoms with van der Waals surface area (Å²) >= 11 is 0. The van der Waals surface area contributed by atoms with E-state index in [2.05, 4.69) is 18.8 Å². The van der Waals surface area contributed by atoms with Crippen molar-refractivity contribution in [1.29, 1.82) is 0 Å². The molecule has 42 heavy (non-hydrogen) atoms. The Morgan fingerprint density at radius 1 is 0.762 bits per heavy atom. The van der Waals surface area contributed by atoms with Crippen LogP contribution < -0.4 is 0 Å². The molecule has 1 N–H and O–H groups in total. The summed E-state index contributed by atoms with van der Waals surface area (Å²) < 4.78 is 125. The van der Waals surface area contributed by atoms with Crippen LogP contribution in [0.25, 0.3) is 16.9 Å². The second-order valence-corrected chi connectivity index (χ2v) is 10.3. The fraction of sp³-hybridized carbons (Fsp3) is 0.312. The molecule has 3 aromatic rings. The van der Waals surface area contributed by atoms with Crippen molar-refractivity contribution in [2.24, 2.45) is 5.92 Å². The van der Waals surface area contributed by atoms with Gasteiger partial charge in [0.15, 0.2) is 23.2 Å². The summed E-state index contributed by atoms with van der Waals surface area (Å²) in [5.41, 5.74) is -6.40. The van der Waals surface area contributed by atoms with Crippen LogP contribution in [0.2, 0.25) is 0 Å². The molecule has 0 bridgehead atoms. The summed E-state index contributed by atoms with van der Waals surface area (Å²) in [4.78, 5) is 0. The van der Waals surface area contributed by atoms with Crippen molar-refractivity contribution >= 4 is 5.76 Å². The van der Waals surface area contributed by atoms with Gasteiger partial charge in [-0.05, 0) is 66.3 Å². The molecule has 0 saturated carbocycles. The van der Waals surface area contributed by atoms with Crippen molar-refractivity contribution < 1.29 is 45.0 Å². The van der Waals surface area contributed by atoms with Crippen molar-refractivity contribution in [1.82, 2.24) is 0 Å². The van der Waals surface area contributed by atoms with Gasteiger partial charge in [0.05, 0.1) is 34.4 Å². The molecule has 2 nitrogen and oxygen atoms in total. The Hall–Kier alpha value is -4.00. The number of halogens is 8. The van der Waals surface area contributed by atoms with Crippen LogP contribution in [0.1, 0.15) is 66.8 Å². The van der Waals surface area contributed by atoms with Crippen molar-refractivity contribution in [2.75, 3.05) is 6.61 Å². The van der Waals surface area contributed by atoms with Crippen LogP contribution >= 0.6 is 0 Å². The minimum Gasteiger partial charge on any atom is -0.505 e. The molecule has 0 amide bonds. The Bertz CT molecular complexity index is 1650. The Labute approximate surface area is 236 Å². The van der Waals surface area contributed by atoms with Crippen molar-refractivity contribution in [3.63, 3.8) is 0 Å². The Balaban J connectivity index is 1.47. The number of alkyl halides is 4. The zero-order chi connectivity index (χ0) is 30.4. The van der Waals surface area contributed by atoms with Crippen LogP contribution in [0.15, 0.2) is 42.5 Å². The molecule has 1 aliphatic heterocycles. The molecule has 2 aliphatic rings. The first-order valence-corrected chi connectivity index (χ1v) is 13.3. The minimum absolute atomic E-state index is 0.135. The number of hydrogen-bond acceptors (Lipinski definition) is 2. The zero-order valence-electron chi connectivity index (χ0n) is 22.2. The van der Waals surface area contributed by atoms with Gasteiger partial charge in [-0.1, -0.05) is 44.1 Å². The first-order chi connectivity index (χ1) is 19.9. The molecular weight excluding hydrogens is 568 g/mol. The average Bonchev–Trinajstić information content (AvgIpc) is 2.95. The largest absolute Gasteiger partial charge is 0.505 e. The predicted octanol–water partition coefficient (Wildman–Crippen LogP) is 9.17. The van der Waals surface area contributed by atoms with E-state index in [-0.39, 0.29) is 17.2 Å². The Morgan fingerprint density at radius 3 is 1.93 bits per heavy atom. The Kier molecular flexibility index (Phi) is 7.73. The summed E-state index contributed by atoms with van der Waals surface area (Å²) in [6, 6.07) is 5.54. The van der Waals surface area contributed by atoms with E-state index >= 15 is 4.39 Å². The van der Waals surface area contributed by atoms with E-state index in [9.17, 15) is 35.8 Å². The highest BCUT2D eigenvalue weighted by atomic mass is 19.3. The molecule has 10 heteroatoms. The molecule has 0 radical (unpaired) electrons. The highest BCUT2D eigenvalue weighted by molar-refractivity contribution is 5.78. The molecule has 1 heterocycles. The number of allylic oxidation sites excluding steroid dienone is 1. The number of fused-ring (bicyclic) bond motifs is 3. The van der Waals surface area contributed by atoms with Gasteiger partial charge in [-0.15, -0.1) is 0 Å². The molecule has 0 fully saturated rings. The second-order valence-electron chi connectivity index (χ2n) is 10.3. The number of phenolic OH excluding ortho intramolecular Hbond substituents is 1. The lowest BCUT2D eigenvalue weighted by Gasteiger charge is -2.35. The van der Waals surface area contributed by atoms with E-state index in [1.54, 1.807) is 6.08 Å². The van der Waals surface area contributed by atoms with Crippen molar-refractivity contribution in [2.45, 2.75) is 50.9 Å². The molecule has 1 aliphatic carbocycles. The summed E-state index contributed by atoms with van der Waals surface area (Å²) in [5.74, 6) is -13.4. The van der Waals surface area contributed by atoms with E-state index in [0.29, 0.717) is 19.1 Å². The van der Waals surface area contributed by atoms with E-state index in [1.807, 2.05) is 0 Å². The van der Waals surface area contributed by atoms with Gasteiger partial charge in [-0.3, -0.25) is 0 Å². The highest BCUT2D eigenvalue weighted by Crippen LogP contribution is 2.59. The molecule has 0 saturated heterocycles. The zero-order valence-corrected chi connectivity index (χ0v) is 22.2. The fourth-order valence-electron chi connectivity index (χ4n) is 5.27. The van der Waals surface area contributed by atoms with Crippen LogP contribution in [0.5, 0.6) is 5.75 Å². The molecule has 3 aromatic carbocycles. The van der Waals surface area contributed by atoms with Crippen LogP contribution in [-0.4, -0.2) is 11.7 Å². The molecule has 220 valence electrons. The maximum Gasteiger partial charge on any atom is 0.343 e. The van der Waals surface area contributed by atoms with Gasteiger partial charge in [0.1, 0.15) is 11.6 Å². The standard InChI is InChI=1S/C32H24F8O2/c1-2-3-4-5-17-6-15-24(42-16-17)22-12-10-19(28(34)29(22)35)8-7-18-9-11-20-21-13-14-23(41)30(36)26(21)32(39,40)31(37,38)25(20)27(18)33/h9-15,17,41H,2-6,16H2,1H3. The topological polar surface area (TPSA) is 29.5 Å². The smallest absolute Gasteiger partial charge is 0.343 e. The summed E-state index contributed by atoms with van der Waals surface area (Å²) in [7, 11) is 0. The van der Waals surface area contributed by atoms with E-state index in [1.165, 1.54) is 6.07 Å². The van der Waals surface area contributed by atoms with Gasteiger partial charge in [0, 0.05) is 0 Å². The first-order valence-electron chi connectivity index (χ1n) is 13.3. The second kappa shape index (κ2) is 11.0. The number of benzene rings is 3. The number of hydrogen-bond donors (Lipinski definition) is 1. The number of unbranched alkanes of at least 4 members (excludes halogenated alkanes) is 2. The molecule has 5 rings (SSSR count). The normalized spacial score (nSPS) is 18.2. The van der Waals surface area contributed by atoms with E-state index < -0.39 is 74.2 Å². The lowest BCUT2D eigenvalue weighted by Crippen LogP contribution is -2.41.